The van der Waals surface area contributed by atoms with Crippen LogP contribution in [0.4, 0.5) is 0 Å². The van der Waals surface area contributed by atoms with Crippen molar-refractivity contribution < 1.29 is 14.4 Å². The van der Waals surface area contributed by atoms with Gasteiger partial charge in [-0.05, 0) is 52.9 Å². The zero-order valence-electron chi connectivity index (χ0n) is 16.7. The molecule has 0 fully saturated rings. The van der Waals surface area contributed by atoms with Gasteiger partial charge >= 0.3 is 0 Å². The minimum absolute atomic E-state index is 0.267. The maximum Gasteiger partial charge on any atom is 0.167 e. The van der Waals surface area contributed by atoms with Crippen LogP contribution in [-0.2, 0) is 13.0 Å². The van der Waals surface area contributed by atoms with Crippen LogP contribution in [0.3, 0.4) is 0 Å². The first-order valence-electron chi connectivity index (χ1n) is 10.3. The Kier molecular flexibility index (Phi) is 5.22. The maximum atomic E-state index is 10.5. The topological polar surface area (TPSA) is 58.7 Å². The number of β-amino-alcohol motifs (C(OH)–C–C–N with tert-alkyl or cyclic N) is 1. The average molecular weight is 400 g/mol. The lowest BCUT2D eigenvalue weighted by Crippen LogP contribution is -2.38. The van der Waals surface area contributed by atoms with Crippen LogP contribution >= 0.6 is 0 Å². The number of hydrogen-bond acceptors (Lipinski definition) is 5. The number of fused-ring (bicyclic) bond motifs is 2. The third kappa shape index (κ3) is 4.08. The van der Waals surface area contributed by atoms with Gasteiger partial charge < -0.3 is 14.4 Å². The van der Waals surface area contributed by atoms with Crippen molar-refractivity contribution in [2.75, 3.05) is 19.7 Å². The molecule has 0 saturated heterocycles. The second kappa shape index (κ2) is 8.30. The number of aromatic nitrogens is 1. The van der Waals surface area contributed by atoms with Crippen molar-refractivity contribution in [1.82, 2.24) is 10.1 Å². The molecular weight excluding hydrogens is 376 g/mol. The SMILES string of the molecule is OC(COc1cccc(-c2ccc3cnoc3c2)c1)CN1CCc2ccccc2C1. The summed E-state index contributed by atoms with van der Waals surface area (Å²) < 4.78 is 11.2. The molecule has 1 atom stereocenters. The first-order chi connectivity index (χ1) is 14.7. The summed E-state index contributed by atoms with van der Waals surface area (Å²) >= 11 is 0. The molecule has 5 heteroatoms. The molecule has 2 heterocycles. The maximum absolute atomic E-state index is 10.5. The van der Waals surface area contributed by atoms with Crippen molar-refractivity contribution in [2.24, 2.45) is 0 Å². The Morgan fingerprint density at radius 2 is 1.87 bits per heavy atom. The minimum atomic E-state index is -0.538. The zero-order valence-corrected chi connectivity index (χ0v) is 16.7. The second-order valence-electron chi connectivity index (χ2n) is 7.82. The Bertz CT molecular complexity index is 1150. The molecule has 1 aromatic heterocycles. The first kappa shape index (κ1) is 18.9. The van der Waals surface area contributed by atoms with Crippen LogP contribution in [-0.4, -0.2) is 41.0 Å². The predicted octanol–water partition coefficient (Wildman–Crippen LogP) is 4.29. The van der Waals surface area contributed by atoms with E-state index in [0.717, 1.165) is 47.4 Å². The third-order valence-electron chi connectivity index (χ3n) is 5.64. The van der Waals surface area contributed by atoms with Crippen molar-refractivity contribution >= 4 is 11.0 Å². The van der Waals surface area contributed by atoms with E-state index >= 15 is 0 Å². The normalized spacial score (nSPS) is 15.1. The van der Waals surface area contributed by atoms with Crippen LogP contribution in [0.1, 0.15) is 11.1 Å². The Hall–Kier alpha value is -3.15. The quantitative estimate of drug-likeness (QED) is 0.523. The smallest absolute Gasteiger partial charge is 0.167 e. The standard InChI is InChI=1S/C25H24N2O3/c28-23(16-27-11-10-18-4-1-2-5-22(18)15-27)17-29-24-7-3-6-19(12-24)20-8-9-21-14-26-30-25(21)13-20/h1-9,12-14,23,28H,10-11,15-17H2. The van der Waals surface area contributed by atoms with Gasteiger partial charge in [0.15, 0.2) is 5.58 Å². The van der Waals surface area contributed by atoms with Gasteiger partial charge in [0.2, 0.25) is 0 Å². The van der Waals surface area contributed by atoms with E-state index in [0.29, 0.717) is 6.54 Å². The van der Waals surface area contributed by atoms with E-state index in [4.69, 9.17) is 9.26 Å². The Morgan fingerprint density at radius 3 is 2.80 bits per heavy atom. The summed E-state index contributed by atoms with van der Waals surface area (Å²) in [5.41, 5.74) is 5.61. The van der Waals surface area contributed by atoms with Gasteiger partial charge in [0.1, 0.15) is 18.5 Å². The van der Waals surface area contributed by atoms with E-state index in [1.807, 2.05) is 42.5 Å². The molecule has 0 amide bonds. The molecule has 4 aromatic rings. The highest BCUT2D eigenvalue weighted by atomic mass is 16.5. The number of rotatable bonds is 6. The fraction of sp³-hybridized carbons (Fsp3) is 0.240. The van der Waals surface area contributed by atoms with Gasteiger partial charge in [-0.1, -0.05) is 47.6 Å². The fourth-order valence-corrected chi connectivity index (χ4v) is 4.06. The highest BCUT2D eigenvalue weighted by Gasteiger charge is 2.18. The molecule has 5 nitrogen and oxygen atoms in total. The van der Waals surface area contributed by atoms with Gasteiger partial charge in [-0.15, -0.1) is 0 Å². The summed E-state index contributed by atoms with van der Waals surface area (Å²) in [6, 6.07) is 22.5. The van der Waals surface area contributed by atoms with Gasteiger partial charge in [-0.2, -0.15) is 0 Å². The molecule has 1 aliphatic rings. The number of hydrogen-bond donors (Lipinski definition) is 1. The van der Waals surface area contributed by atoms with Gasteiger partial charge in [-0.3, -0.25) is 4.90 Å². The molecule has 0 bridgehead atoms. The van der Waals surface area contributed by atoms with Crippen LogP contribution in [0.5, 0.6) is 5.75 Å². The lowest BCUT2D eigenvalue weighted by molar-refractivity contribution is 0.0638. The van der Waals surface area contributed by atoms with Crippen molar-refractivity contribution in [3.05, 3.63) is 84.1 Å². The number of benzene rings is 3. The van der Waals surface area contributed by atoms with Crippen molar-refractivity contribution in [3.63, 3.8) is 0 Å². The summed E-state index contributed by atoms with van der Waals surface area (Å²) in [6.07, 6.45) is 2.20. The minimum Gasteiger partial charge on any atom is -0.491 e. The van der Waals surface area contributed by atoms with Gasteiger partial charge in [0.25, 0.3) is 0 Å². The monoisotopic (exact) mass is 400 g/mol. The molecule has 30 heavy (non-hydrogen) atoms. The van der Waals surface area contributed by atoms with Crippen LogP contribution in [0.15, 0.2) is 77.4 Å². The summed E-state index contributed by atoms with van der Waals surface area (Å²) in [5.74, 6) is 0.744. The summed E-state index contributed by atoms with van der Waals surface area (Å²) in [7, 11) is 0. The molecule has 1 aliphatic heterocycles. The Balaban J connectivity index is 1.20. The Labute approximate surface area is 175 Å². The van der Waals surface area contributed by atoms with E-state index in [1.54, 1.807) is 6.20 Å². The highest BCUT2D eigenvalue weighted by molar-refractivity contribution is 5.82. The fourth-order valence-electron chi connectivity index (χ4n) is 4.06. The molecule has 5 rings (SSSR count). The van der Waals surface area contributed by atoms with Crippen molar-refractivity contribution in [1.29, 1.82) is 0 Å². The average Bonchev–Trinajstić information content (AvgIpc) is 3.26. The lowest BCUT2D eigenvalue weighted by Gasteiger charge is -2.30. The van der Waals surface area contributed by atoms with E-state index < -0.39 is 6.10 Å². The molecular formula is C25H24N2O3. The van der Waals surface area contributed by atoms with Gasteiger partial charge in [-0.25, -0.2) is 0 Å². The van der Waals surface area contributed by atoms with Crippen LogP contribution in [0, 0.1) is 0 Å². The summed E-state index contributed by atoms with van der Waals surface area (Å²) in [5, 5.41) is 15.3. The highest BCUT2D eigenvalue weighted by Crippen LogP contribution is 2.27. The van der Waals surface area contributed by atoms with Crippen molar-refractivity contribution in [2.45, 2.75) is 19.1 Å². The van der Waals surface area contributed by atoms with E-state index in [-0.39, 0.29) is 6.61 Å². The number of aliphatic hydroxyl groups excluding tert-OH is 1. The third-order valence-corrected chi connectivity index (χ3v) is 5.64. The zero-order chi connectivity index (χ0) is 20.3. The lowest BCUT2D eigenvalue weighted by atomic mass is 10.00. The summed E-state index contributed by atoms with van der Waals surface area (Å²) in [4.78, 5) is 2.29. The van der Waals surface area contributed by atoms with Crippen LogP contribution in [0.25, 0.3) is 22.1 Å². The number of ether oxygens (including phenoxy) is 1. The largest absolute Gasteiger partial charge is 0.491 e. The van der Waals surface area contributed by atoms with E-state index in [9.17, 15) is 5.11 Å². The molecule has 1 N–H and O–H groups in total. The van der Waals surface area contributed by atoms with Crippen molar-refractivity contribution in [3.8, 4) is 16.9 Å². The van der Waals surface area contributed by atoms with Crippen LogP contribution < -0.4 is 4.74 Å². The molecule has 0 radical (unpaired) electrons. The molecule has 0 spiro atoms. The first-order valence-corrected chi connectivity index (χ1v) is 10.3. The molecule has 0 aliphatic carbocycles. The number of nitrogens with zero attached hydrogens (tertiary/aromatic N) is 2. The Morgan fingerprint density at radius 1 is 1.00 bits per heavy atom. The number of aliphatic hydroxyl groups is 1. The molecule has 152 valence electrons. The molecule has 3 aromatic carbocycles. The molecule has 1 unspecified atom stereocenters. The van der Waals surface area contributed by atoms with Gasteiger partial charge in [0.05, 0.1) is 6.20 Å². The molecule has 0 saturated carbocycles. The van der Waals surface area contributed by atoms with E-state index in [2.05, 4.69) is 34.3 Å². The van der Waals surface area contributed by atoms with Crippen LogP contribution in [0.2, 0.25) is 0 Å². The van der Waals surface area contributed by atoms with Gasteiger partial charge in [0, 0.05) is 25.0 Å². The summed E-state index contributed by atoms with van der Waals surface area (Å²) in [6.45, 7) is 2.72. The second-order valence-corrected chi connectivity index (χ2v) is 7.82. The van der Waals surface area contributed by atoms with E-state index in [1.165, 1.54) is 11.1 Å². The predicted molar refractivity (Wildman–Crippen MR) is 116 cm³/mol.